The topological polar surface area (TPSA) is 129 Å². The Hall–Kier alpha value is -3.41. The zero-order chi connectivity index (χ0) is 19.5. The summed E-state index contributed by atoms with van der Waals surface area (Å²) in [6.07, 6.45) is -1.18. The van der Waals surface area contributed by atoms with Crippen molar-refractivity contribution in [3.05, 3.63) is 29.8 Å². The van der Waals surface area contributed by atoms with Gasteiger partial charge in [-0.15, -0.1) is 0 Å². The van der Waals surface area contributed by atoms with Crippen LogP contribution in [0.2, 0.25) is 0 Å². The number of imide groups is 1. The van der Waals surface area contributed by atoms with E-state index in [9.17, 15) is 19.2 Å². The van der Waals surface area contributed by atoms with Gasteiger partial charge in [0.05, 0.1) is 11.3 Å². The van der Waals surface area contributed by atoms with Crippen molar-refractivity contribution in [1.82, 2.24) is 10.2 Å². The summed E-state index contributed by atoms with van der Waals surface area (Å²) >= 11 is 0. The third-order valence-electron chi connectivity index (χ3n) is 3.71. The number of esters is 1. The van der Waals surface area contributed by atoms with Crippen LogP contribution in [0.15, 0.2) is 24.3 Å². The molecule has 0 bridgehead atoms. The minimum atomic E-state index is -1.18. The minimum Gasteiger partial charge on any atom is -0.451 e. The summed E-state index contributed by atoms with van der Waals surface area (Å²) in [6, 6.07) is 7.61. The second kappa shape index (κ2) is 7.23. The molecule has 0 aliphatic carbocycles. The Bertz CT molecular complexity index is 812. The van der Waals surface area contributed by atoms with Crippen LogP contribution in [-0.4, -0.2) is 46.9 Å². The van der Waals surface area contributed by atoms with Crippen molar-refractivity contribution in [3.63, 3.8) is 0 Å². The Morgan fingerprint density at radius 1 is 1.35 bits per heavy atom. The molecule has 9 nitrogen and oxygen atoms in total. The molecule has 1 aliphatic rings. The number of ether oxygens (including phenoxy) is 1. The quantitative estimate of drug-likeness (QED) is 0.590. The van der Waals surface area contributed by atoms with Gasteiger partial charge in [0, 0.05) is 0 Å². The van der Waals surface area contributed by atoms with Crippen molar-refractivity contribution in [2.45, 2.75) is 32.4 Å². The molecule has 0 aromatic heterocycles. The highest BCUT2D eigenvalue weighted by Gasteiger charge is 2.45. The number of amides is 4. The van der Waals surface area contributed by atoms with Gasteiger partial charge in [0.25, 0.3) is 11.8 Å². The van der Waals surface area contributed by atoms with E-state index < -0.39 is 42.0 Å². The Labute approximate surface area is 149 Å². The third-order valence-corrected chi connectivity index (χ3v) is 3.71. The number of urea groups is 1. The van der Waals surface area contributed by atoms with Crippen LogP contribution in [0.1, 0.15) is 26.3 Å². The fourth-order valence-electron chi connectivity index (χ4n) is 2.30. The van der Waals surface area contributed by atoms with Gasteiger partial charge in [-0.25, -0.2) is 4.79 Å². The van der Waals surface area contributed by atoms with E-state index in [4.69, 9.17) is 10.00 Å². The van der Waals surface area contributed by atoms with Crippen LogP contribution in [0.25, 0.3) is 0 Å². The lowest BCUT2D eigenvalue weighted by molar-refractivity contribution is -0.155. The first-order valence-electron chi connectivity index (χ1n) is 7.79. The summed E-state index contributed by atoms with van der Waals surface area (Å²) in [5.41, 5.74) is -0.541. The van der Waals surface area contributed by atoms with E-state index >= 15 is 0 Å². The molecule has 9 heteroatoms. The van der Waals surface area contributed by atoms with Gasteiger partial charge in [-0.1, -0.05) is 12.1 Å². The molecule has 0 spiro atoms. The molecule has 4 amide bonds. The average Bonchev–Trinajstić information content (AvgIpc) is 2.77. The molecule has 1 unspecified atom stereocenters. The summed E-state index contributed by atoms with van der Waals surface area (Å²) in [4.78, 5) is 48.6. The highest BCUT2D eigenvalue weighted by Crippen LogP contribution is 2.17. The number of nitriles is 1. The Morgan fingerprint density at radius 2 is 2.00 bits per heavy atom. The van der Waals surface area contributed by atoms with Gasteiger partial charge < -0.3 is 15.4 Å². The number of nitrogens with one attached hydrogen (secondary N) is 2. The number of hydrogen-bond acceptors (Lipinski definition) is 6. The summed E-state index contributed by atoms with van der Waals surface area (Å²) in [5, 5.41) is 13.9. The van der Waals surface area contributed by atoms with E-state index in [1.165, 1.54) is 26.8 Å². The van der Waals surface area contributed by atoms with Gasteiger partial charge in [0.1, 0.15) is 18.2 Å². The second-order valence-electron chi connectivity index (χ2n) is 6.23. The van der Waals surface area contributed by atoms with Gasteiger partial charge in [-0.2, -0.15) is 5.26 Å². The largest absolute Gasteiger partial charge is 0.451 e. The Morgan fingerprint density at radius 3 is 2.58 bits per heavy atom. The fourth-order valence-corrected chi connectivity index (χ4v) is 2.30. The van der Waals surface area contributed by atoms with E-state index in [1.807, 2.05) is 6.07 Å². The molecule has 1 aromatic rings. The number of carbonyl (C=O) groups excluding carboxylic acids is 4. The first-order chi connectivity index (χ1) is 12.2. The van der Waals surface area contributed by atoms with E-state index in [0.717, 1.165) is 4.90 Å². The van der Waals surface area contributed by atoms with Crippen LogP contribution in [-0.2, 0) is 19.1 Å². The molecular weight excluding hydrogens is 340 g/mol. The first kappa shape index (κ1) is 18.9. The van der Waals surface area contributed by atoms with Crippen LogP contribution in [0.4, 0.5) is 10.5 Å². The predicted octanol–water partition coefficient (Wildman–Crippen LogP) is 0.759. The molecular formula is C17H18N4O5. The first-order valence-corrected chi connectivity index (χ1v) is 7.79. The zero-order valence-corrected chi connectivity index (χ0v) is 14.5. The number of anilines is 1. The number of rotatable bonds is 5. The van der Waals surface area contributed by atoms with Crippen molar-refractivity contribution in [1.29, 1.82) is 5.26 Å². The van der Waals surface area contributed by atoms with Crippen LogP contribution in [0, 0.1) is 11.3 Å². The molecule has 1 atom stereocenters. The lowest BCUT2D eigenvalue weighted by Gasteiger charge is -2.17. The van der Waals surface area contributed by atoms with Crippen molar-refractivity contribution < 1.29 is 23.9 Å². The van der Waals surface area contributed by atoms with Crippen molar-refractivity contribution >= 4 is 29.5 Å². The normalized spacial score (nSPS) is 16.5. The van der Waals surface area contributed by atoms with E-state index in [2.05, 4.69) is 10.6 Å². The maximum Gasteiger partial charge on any atom is 0.327 e. The lowest BCUT2D eigenvalue weighted by atomic mass is 10.1. The summed E-state index contributed by atoms with van der Waals surface area (Å²) in [6.45, 7) is 3.78. The number of nitrogens with zero attached hydrogens (tertiary/aromatic N) is 2. The second-order valence-corrected chi connectivity index (χ2v) is 6.23. The molecule has 2 N–H and O–H groups in total. The van der Waals surface area contributed by atoms with Gasteiger partial charge in [-0.3, -0.25) is 19.3 Å². The lowest BCUT2D eigenvalue weighted by Crippen LogP contribution is -2.42. The van der Waals surface area contributed by atoms with E-state index in [0.29, 0.717) is 5.69 Å². The van der Waals surface area contributed by atoms with Crippen LogP contribution in [0.5, 0.6) is 0 Å². The molecule has 136 valence electrons. The molecule has 1 aliphatic heterocycles. The number of benzene rings is 1. The van der Waals surface area contributed by atoms with Gasteiger partial charge in [-0.05, 0) is 32.9 Å². The number of carbonyl (C=O) groups is 4. The summed E-state index contributed by atoms with van der Waals surface area (Å²) in [5.74, 6) is -2.10. The predicted molar refractivity (Wildman–Crippen MR) is 89.7 cm³/mol. The minimum absolute atomic E-state index is 0.265. The van der Waals surface area contributed by atoms with Gasteiger partial charge in [0.15, 0.2) is 6.10 Å². The Kier molecular flexibility index (Phi) is 5.26. The number of para-hydroxylation sites is 1. The van der Waals surface area contributed by atoms with Crippen molar-refractivity contribution in [2.24, 2.45) is 0 Å². The molecule has 1 aromatic carbocycles. The molecule has 0 radical (unpaired) electrons. The zero-order valence-electron chi connectivity index (χ0n) is 14.5. The highest BCUT2D eigenvalue weighted by molar-refractivity contribution is 6.08. The maximum atomic E-state index is 12.1. The molecule has 1 fully saturated rings. The monoisotopic (exact) mass is 358 g/mol. The average molecular weight is 358 g/mol. The van der Waals surface area contributed by atoms with E-state index in [1.54, 1.807) is 18.2 Å². The Balaban J connectivity index is 1.95. The van der Waals surface area contributed by atoms with E-state index in [-0.39, 0.29) is 5.56 Å². The third kappa shape index (κ3) is 3.97. The fraction of sp³-hybridized carbons (Fsp3) is 0.353. The SMILES string of the molecule is CC(OC(=O)CN1C(=O)NC(C)(C)C1=O)C(=O)Nc1ccccc1C#N. The van der Waals surface area contributed by atoms with Crippen molar-refractivity contribution in [2.75, 3.05) is 11.9 Å². The van der Waals surface area contributed by atoms with Crippen LogP contribution < -0.4 is 10.6 Å². The number of hydrogen-bond donors (Lipinski definition) is 2. The molecule has 2 rings (SSSR count). The van der Waals surface area contributed by atoms with Gasteiger partial charge >= 0.3 is 12.0 Å². The van der Waals surface area contributed by atoms with Crippen molar-refractivity contribution in [3.8, 4) is 6.07 Å². The maximum absolute atomic E-state index is 12.1. The van der Waals surface area contributed by atoms with Crippen LogP contribution >= 0.6 is 0 Å². The van der Waals surface area contributed by atoms with Crippen LogP contribution in [0.3, 0.4) is 0 Å². The standard InChI is InChI=1S/C17H18N4O5/c1-10(14(23)19-12-7-5-4-6-11(12)8-18)26-13(22)9-21-15(24)17(2,3)20-16(21)25/h4-7,10H,9H2,1-3H3,(H,19,23)(H,20,25). The van der Waals surface area contributed by atoms with Gasteiger partial charge in [0.2, 0.25) is 0 Å². The molecule has 1 saturated heterocycles. The summed E-state index contributed by atoms with van der Waals surface area (Å²) < 4.78 is 4.98. The smallest absolute Gasteiger partial charge is 0.327 e. The molecule has 26 heavy (non-hydrogen) atoms. The summed E-state index contributed by atoms with van der Waals surface area (Å²) in [7, 11) is 0. The molecule has 0 saturated carbocycles. The molecule has 1 heterocycles. The highest BCUT2D eigenvalue weighted by atomic mass is 16.5.